The highest BCUT2D eigenvalue weighted by Gasteiger charge is 2.60. The average molecular weight is 535 g/mol. The van der Waals surface area contributed by atoms with Gasteiger partial charge in [-0.3, -0.25) is 0 Å². The Balaban J connectivity index is 1.88. The lowest BCUT2D eigenvalue weighted by atomic mass is 9.98. The van der Waals surface area contributed by atoms with Crippen molar-refractivity contribution >= 4 is 17.3 Å². The molecule has 2 aromatic carbocycles. The van der Waals surface area contributed by atoms with Crippen LogP contribution in [0.1, 0.15) is 34.2 Å². The molecule has 194 valence electrons. The van der Waals surface area contributed by atoms with Crippen molar-refractivity contribution in [2.45, 2.75) is 38.8 Å². The van der Waals surface area contributed by atoms with Gasteiger partial charge in [0.15, 0.2) is 6.61 Å². The smallest absolute Gasteiger partial charge is 0.416 e. The van der Waals surface area contributed by atoms with Crippen molar-refractivity contribution in [3.63, 3.8) is 0 Å². The van der Waals surface area contributed by atoms with Gasteiger partial charge in [-0.1, -0.05) is 12.1 Å². The zero-order chi connectivity index (χ0) is 26.9. The number of ether oxygens (including phenoxy) is 2. The van der Waals surface area contributed by atoms with Crippen LogP contribution in [-0.4, -0.2) is 24.2 Å². The molecule has 0 saturated carbocycles. The predicted octanol–water partition coefficient (Wildman–Crippen LogP) is 7.27. The maximum Gasteiger partial charge on any atom is 0.416 e. The molecule has 0 N–H and O–H groups in total. The molecule has 0 bridgehead atoms. The van der Waals surface area contributed by atoms with Gasteiger partial charge in [0.05, 0.1) is 17.9 Å². The molecule has 0 unspecified atom stereocenters. The standard InChI is InChI=1S/C24H20F7NO3S/c1-4-34-19(33)12-35-18-10-9-17(11-13(18)2)22(25,26)23(27,28)20-14(3)32-21(36-20)15-5-7-16(8-6-15)24(29,30)31/h5-11H,4,12H2,1-3H3. The third-order valence-corrected chi connectivity index (χ3v) is 6.40. The second-order valence-corrected chi connectivity index (χ2v) is 8.73. The minimum atomic E-state index is -4.68. The molecule has 0 amide bonds. The first-order chi connectivity index (χ1) is 16.7. The van der Waals surface area contributed by atoms with Gasteiger partial charge in [-0.05, 0) is 56.7 Å². The van der Waals surface area contributed by atoms with E-state index in [2.05, 4.69) is 4.98 Å². The number of carbonyl (C=O) groups excluding carboxylic acids is 1. The van der Waals surface area contributed by atoms with Gasteiger partial charge in [-0.25, -0.2) is 9.78 Å². The molecule has 3 aromatic rings. The number of aryl methyl sites for hydroxylation is 2. The van der Waals surface area contributed by atoms with Crippen LogP contribution in [0.25, 0.3) is 10.6 Å². The van der Waals surface area contributed by atoms with Gasteiger partial charge in [0.1, 0.15) is 15.6 Å². The van der Waals surface area contributed by atoms with Crippen molar-refractivity contribution in [3.8, 4) is 16.3 Å². The Morgan fingerprint density at radius 3 is 2.08 bits per heavy atom. The summed E-state index contributed by atoms with van der Waals surface area (Å²) in [6.07, 6.45) is -4.59. The highest BCUT2D eigenvalue weighted by molar-refractivity contribution is 7.15. The number of esters is 1. The van der Waals surface area contributed by atoms with Crippen molar-refractivity contribution in [1.82, 2.24) is 4.98 Å². The third kappa shape index (κ3) is 5.48. The van der Waals surface area contributed by atoms with E-state index in [1.807, 2.05) is 0 Å². The molecule has 0 aliphatic carbocycles. The van der Waals surface area contributed by atoms with Gasteiger partial charge in [0, 0.05) is 11.1 Å². The summed E-state index contributed by atoms with van der Waals surface area (Å²) < 4.78 is 109. The van der Waals surface area contributed by atoms with Crippen LogP contribution < -0.4 is 4.74 Å². The number of carbonyl (C=O) groups is 1. The van der Waals surface area contributed by atoms with Crippen molar-refractivity contribution < 1.29 is 45.0 Å². The number of thiazole rings is 1. The van der Waals surface area contributed by atoms with Crippen molar-refractivity contribution in [3.05, 3.63) is 69.7 Å². The van der Waals surface area contributed by atoms with Crippen LogP contribution in [0, 0.1) is 13.8 Å². The van der Waals surface area contributed by atoms with Gasteiger partial charge < -0.3 is 9.47 Å². The van der Waals surface area contributed by atoms with Gasteiger partial charge in [0.2, 0.25) is 0 Å². The Kier molecular flexibility index (Phi) is 7.68. The summed E-state index contributed by atoms with van der Waals surface area (Å²) in [5.41, 5.74) is -2.12. The molecule has 0 atom stereocenters. The number of rotatable bonds is 8. The average Bonchev–Trinajstić information content (AvgIpc) is 3.20. The lowest BCUT2D eigenvalue weighted by Crippen LogP contribution is -2.35. The molecule has 0 saturated heterocycles. The maximum absolute atomic E-state index is 15.2. The first-order valence-electron chi connectivity index (χ1n) is 10.5. The molecule has 1 heterocycles. The number of halogens is 7. The fourth-order valence-corrected chi connectivity index (χ4v) is 4.36. The van der Waals surface area contributed by atoms with Gasteiger partial charge in [-0.15, -0.1) is 11.3 Å². The molecule has 0 spiro atoms. The van der Waals surface area contributed by atoms with Crippen LogP contribution in [0.4, 0.5) is 30.7 Å². The SMILES string of the molecule is CCOC(=O)COc1ccc(C(F)(F)C(F)(F)c2sc(-c3ccc(C(F)(F)F)cc3)nc2C)cc1C. The first kappa shape index (κ1) is 27.4. The molecule has 0 aliphatic heterocycles. The van der Waals surface area contributed by atoms with Crippen LogP contribution in [0.5, 0.6) is 5.75 Å². The van der Waals surface area contributed by atoms with Crippen LogP contribution in [0.3, 0.4) is 0 Å². The lowest BCUT2D eigenvalue weighted by molar-refractivity contribution is -0.222. The summed E-state index contributed by atoms with van der Waals surface area (Å²) in [5, 5.41) is -0.120. The van der Waals surface area contributed by atoms with E-state index in [9.17, 15) is 18.0 Å². The van der Waals surface area contributed by atoms with Crippen LogP contribution >= 0.6 is 11.3 Å². The normalized spacial score (nSPS) is 12.5. The number of hydrogen-bond donors (Lipinski definition) is 0. The molecule has 3 rings (SSSR count). The zero-order valence-corrected chi connectivity index (χ0v) is 20.0. The van der Waals surface area contributed by atoms with Gasteiger partial charge in [0.25, 0.3) is 0 Å². The van der Waals surface area contributed by atoms with Crippen molar-refractivity contribution in [2.24, 2.45) is 0 Å². The summed E-state index contributed by atoms with van der Waals surface area (Å²) in [4.78, 5) is 14.3. The first-order valence-corrected chi connectivity index (χ1v) is 11.3. The Bertz CT molecular complexity index is 1240. The van der Waals surface area contributed by atoms with Crippen LogP contribution in [-0.2, 0) is 27.6 Å². The Labute approximate surface area is 205 Å². The van der Waals surface area contributed by atoms with E-state index in [0.29, 0.717) is 0 Å². The van der Waals surface area contributed by atoms with E-state index in [0.717, 1.165) is 49.4 Å². The molecule has 36 heavy (non-hydrogen) atoms. The minimum absolute atomic E-state index is 0.0458. The summed E-state index contributed by atoms with van der Waals surface area (Å²) >= 11 is 0.279. The lowest BCUT2D eigenvalue weighted by Gasteiger charge is -2.27. The molecule has 0 fully saturated rings. The van der Waals surface area contributed by atoms with Crippen molar-refractivity contribution in [1.29, 1.82) is 0 Å². The van der Waals surface area contributed by atoms with E-state index in [1.54, 1.807) is 6.92 Å². The molecular formula is C24H20F7NO3S. The van der Waals surface area contributed by atoms with E-state index < -0.39 is 46.6 Å². The zero-order valence-electron chi connectivity index (χ0n) is 19.2. The predicted molar refractivity (Wildman–Crippen MR) is 118 cm³/mol. The topological polar surface area (TPSA) is 48.4 Å². The Hall–Kier alpha value is -3.15. The Morgan fingerprint density at radius 1 is 0.917 bits per heavy atom. The van der Waals surface area contributed by atoms with E-state index in [1.165, 1.54) is 6.92 Å². The van der Waals surface area contributed by atoms with Crippen LogP contribution in [0.15, 0.2) is 42.5 Å². The monoisotopic (exact) mass is 535 g/mol. The van der Waals surface area contributed by atoms with Gasteiger partial charge >= 0.3 is 24.0 Å². The minimum Gasteiger partial charge on any atom is -0.482 e. The van der Waals surface area contributed by atoms with Crippen LogP contribution in [0.2, 0.25) is 0 Å². The molecule has 4 nitrogen and oxygen atoms in total. The van der Waals surface area contributed by atoms with E-state index >= 15 is 17.6 Å². The Morgan fingerprint density at radius 2 is 1.53 bits per heavy atom. The molecule has 1 aromatic heterocycles. The summed E-state index contributed by atoms with van der Waals surface area (Å²) in [5.74, 6) is -9.98. The second kappa shape index (κ2) is 10.1. The highest BCUT2D eigenvalue weighted by Crippen LogP contribution is 2.53. The maximum atomic E-state index is 15.2. The van der Waals surface area contributed by atoms with Gasteiger partial charge in [-0.2, -0.15) is 30.7 Å². The van der Waals surface area contributed by atoms with Crippen molar-refractivity contribution in [2.75, 3.05) is 13.2 Å². The summed E-state index contributed by atoms with van der Waals surface area (Å²) in [6.45, 7) is 3.73. The quantitative estimate of drug-likeness (QED) is 0.225. The third-order valence-electron chi connectivity index (χ3n) is 5.12. The largest absolute Gasteiger partial charge is 0.482 e. The fraction of sp³-hybridized carbons (Fsp3) is 0.333. The summed E-state index contributed by atoms with van der Waals surface area (Å²) in [7, 11) is 0. The molecule has 0 radical (unpaired) electrons. The number of nitrogens with zero attached hydrogens (tertiary/aromatic N) is 1. The summed E-state index contributed by atoms with van der Waals surface area (Å²) in [6, 6.07) is 6.26. The fourth-order valence-electron chi connectivity index (χ4n) is 3.28. The molecule has 12 heteroatoms. The van der Waals surface area contributed by atoms with E-state index in [4.69, 9.17) is 9.47 Å². The molecule has 0 aliphatic rings. The second-order valence-electron chi connectivity index (χ2n) is 7.73. The number of aromatic nitrogens is 1. The van der Waals surface area contributed by atoms with E-state index in [-0.39, 0.29) is 45.5 Å². The molecular weight excluding hydrogens is 515 g/mol. The highest BCUT2D eigenvalue weighted by atomic mass is 32.1. The number of hydrogen-bond acceptors (Lipinski definition) is 5. The number of alkyl halides is 7. The number of benzene rings is 2.